The molecule has 0 aliphatic carbocycles. The average molecular weight is 270 g/mol. The van der Waals surface area contributed by atoms with Gasteiger partial charge in [-0.1, -0.05) is 18.2 Å². The number of phenolic OH excluding ortho intramolecular Hbond substituents is 1. The van der Waals surface area contributed by atoms with E-state index in [0.29, 0.717) is 6.54 Å². The van der Waals surface area contributed by atoms with Gasteiger partial charge in [-0.25, -0.2) is 0 Å². The molecule has 0 aliphatic rings. The molecule has 2 aromatic carbocycles. The Balaban J connectivity index is 2.00. The zero-order valence-electron chi connectivity index (χ0n) is 11.6. The minimum absolute atomic E-state index is 0.253. The van der Waals surface area contributed by atoms with Crippen molar-refractivity contribution in [3.05, 3.63) is 59.7 Å². The maximum absolute atomic E-state index is 9.25. The third-order valence-corrected chi connectivity index (χ3v) is 2.99. The summed E-state index contributed by atoms with van der Waals surface area (Å²) >= 11 is 0. The lowest BCUT2D eigenvalue weighted by molar-refractivity contribution is 0.408. The number of methoxy groups -OCH3 is 1. The lowest BCUT2D eigenvalue weighted by Crippen LogP contribution is -2.10. The summed E-state index contributed by atoms with van der Waals surface area (Å²) in [7, 11) is 1.66. The number of phenols is 1. The number of hydrogen-bond donors (Lipinski definition) is 2. The molecule has 0 amide bonds. The Hall–Kier alpha value is -2.49. The summed E-state index contributed by atoms with van der Waals surface area (Å²) in [5.41, 5.74) is 5.92. The maximum Gasteiger partial charge on any atom is 0.123 e. The topological polar surface area (TPSA) is 53.8 Å². The summed E-state index contributed by atoms with van der Waals surface area (Å²) in [4.78, 5) is 0. The number of rotatable bonds is 5. The SMILES string of the molecule is COc1ccccc1CN/N=C(/C)c1ccc(O)cc1. The fraction of sp³-hybridized carbons (Fsp3) is 0.188. The number of aromatic hydroxyl groups is 1. The smallest absolute Gasteiger partial charge is 0.123 e. The summed E-state index contributed by atoms with van der Waals surface area (Å²) in [5, 5.41) is 13.6. The van der Waals surface area contributed by atoms with E-state index in [1.807, 2.05) is 43.3 Å². The van der Waals surface area contributed by atoms with Crippen LogP contribution >= 0.6 is 0 Å². The quantitative estimate of drug-likeness (QED) is 0.649. The van der Waals surface area contributed by atoms with Gasteiger partial charge in [-0.05, 0) is 42.8 Å². The van der Waals surface area contributed by atoms with Crippen LogP contribution in [0.3, 0.4) is 0 Å². The van der Waals surface area contributed by atoms with Crippen LogP contribution in [0.2, 0.25) is 0 Å². The molecule has 0 aliphatic heterocycles. The van der Waals surface area contributed by atoms with Crippen molar-refractivity contribution in [2.45, 2.75) is 13.5 Å². The van der Waals surface area contributed by atoms with Gasteiger partial charge in [-0.2, -0.15) is 5.10 Å². The van der Waals surface area contributed by atoms with E-state index in [0.717, 1.165) is 22.6 Å². The number of nitrogens with zero attached hydrogens (tertiary/aromatic N) is 1. The number of para-hydroxylation sites is 1. The monoisotopic (exact) mass is 270 g/mol. The van der Waals surface area contributed by atoms with Crippen LogP contribution in [-0.4, -0.2) is 17.9 Å². The second-order valence-electron chi connectivity index (χ2n) is 4.39. The van der Waals surface area contributed by atoms with E-state index in [-0.39, 0.29) is 5.75 Å². The van der Waals surface area contributed by atoms with Crippen LogP contribution in [0, 0.1) is 0 Å². The molecule has 0 spiro atoms. The average Bonchev–Trinajstić information content (AvgIpc) is 2.48. The highest BCUT2D eigenvalue weighted by Crippen LogP contribution is 2.16. The predicted octanol–water partition coefficient (Wildman–Crippen LogP) is 2.91. The van der Waals surface area contributed by atoms with Gasteiger partial charge in [0.1, 0.15) is 11.5 Å². The molecule has 4 nitrogen and oxygen atoms in total. The largest absolute Gasteiger partial charge is 0.508 e. The molecule has 0 atom stereocenters. The molecule has 4 heteroatoms. The summed E-state index contributed by atoms with van der Waals surface area (Å²) in [5.74, 6) is 1.10. The Morgan fingerprint density at radius 2 is 1.85 bits per heavy atom. The third kappa shape index (κ3) is 3.51. The van der Waals surface area contributed by atoms with Gasteiger partial charge in [0.05, 0.1) is 19.4 Å². The molecular weight excluding hydrogens is 252 g/mol. The zero-order valence-corrected chi connectivity index (χ0v) is 11.6. The van der Waals surface area contributed by atoms with Gasteiger partial charge in [-0.3, -0.25) is 0 Å². The van der Waals surface area contributed by atoms with E-state index in [4.69, 9.17) is 4.74 Å². The molecular formula is C16H18N2O2. The number of benzene rings is 2. The Labute approximate surface area is 118 Å². The van der Waals surface area contributed by atoms with Gasteiger partial charge in [0.2, 0.25) is 0 Å². The second-order valence-corrected chi connectivity index (χ2v) is 4.39. The van der Waals surface area contributed by atoms with E-state index < -0.39 is 0 Å². The van der Waals surface area contributed by atoms with Crippen LogP contribution in [0.15, 0.2) is 53.6 Å². The number of nitrogens with one attached hydrogen (secondary N) is 1. The van der Waals surface area contributed by atoms with Gasteiger partial charge in [-0.15, -0.1) is 0 Å². The Morgan fingerprint density at radius 1 is 1.15 bits per heavy atom. The maximum atomic E-state index is 9.25. The minimum atomic E-state index is 0.253. The highest BCUT2D eigenvalue weighted by molar-refractivity contribution is 5.98. The number of hydrazone groups is 1. The van der Waals surface area contributed by atoms with Gasteiger partial charge in [0.15, 0.2) is 0 Å². The molecule has 0 saturated heterocycles. The van der Waals surface area contributed by atoms with Crippen LogP contribution in [0.25, 0.3) is 0 Å². The molecule has 0 saturated carbocycles. The molecule has 20 heavy (non-hydrogen) atoms. The van der Waals surface area contributed by atoms with E-state index in [1.165, 1.54) is 0 Å². The van der Waals surface area contributed by atoms with Crippen molar-refractivity contribution >= 4 is 5.71 Å². The first-order valence-corrected chi connectivity index (χ1v) is 6.39. The van der Waals surface area contributed by atoms with Crippen molar-refractivity contribution < 1.29 is 9.84 Å². The van der Waals surface area contributed by atoms with E-state index in [9.17, 15) is 5.11 Å². The molecule has 0 bridgehead atoms. The zero-order chi connectivity index (χ0) is 14.4. The van der Waals surface area contributed by atoms with Gasteiger partial charge in [0, 0.05) is 5.56 Å². The van der Waals surface area contributed by atoms with Crippen molar-refractivity contribution in [1.29, 1.82) is 0 Å². The van der Waals surface area contributed by atoms with Crippen LogP contribution in [0.4, 0.5) is 0 Å². The van der Waals surface area contributed by atoms with Crippen molar-refractivity contribution in [2.75, 3.05) is 7.11 Å². The first-order valence-electron chi connectivity index (χ1n) is 6.39. The summed E-state index contributed by atoms with van der Waals surface area (Å²) in [6, 6.07) is 14.8. The highest BCUT2D eigenvalue weighted by atomic mass is 16.5. The normalized spacial score (nSPS) is 11.2. The first kappa shape index (κ1) is 13.9. The molecule has 0 fully saturated rings. The van der Waals surface area contributed by atoms with Crippen LogP contribution in [-0.2, 0) is 6.54 Å². The molecule has 2 rings (SSSR count). The van der Waals surface area contributed by atoms with Crippen LogP contribution in [0.5, 0.6) is 11.5 Å². The molecule has 0 heterocycles. The number of hydrogen-bond acceptors (Lipinski definition) is 4. The highest BCUT2D eigenvalue weighted by Gasteiger charge is 2.01. The summed E-state index contributed by atoms with van der Waals surface area (Å²) in [6.07, 6.45) is 0. The van der Waals surface area contributed by atoms with E-state index in [1.54, 1.807) is 19.2 Å². The fourth-order valence-electron chi connectivity index (χ4n) is 1.86. The Morgan fingerprint density at radius 3 is 2.55 bits per heavy atom. The van der Waals surface area contributed by atoms with Crippen molar-refractivity contribution in [2.24, 2.45) is 5.10 Å². The Kier molecular flexibility index (Phi) is 4.60. The molecule has 2 N–H and O–H groups in total. The first-order chi connectivity index (χ1) is 9.70. The molecule has 0 radical (unpaired) electrons. The molecule has 2 aromatic rings. The Bertz CT molecular complexity index is 592. The van der Waals surface area contributed by atoms with Crippen molar-refractivity contribution in [3.8, 4) is 11.5 Å². The lowest BCUT2D eigenvalue weighted by Gasteiger charge is -2.08. The van der Waals surface area contributed by atoms with Crippen molar-refractivity contribution in [3.63, 3.8) is 0 Å². The van der Waals surface area contributed by atoms with Crippen LogP contribution < -0.4 is 10.2 Å². The van der Waals surface area contributed by atoms with E-state index in [2.05, 4.69) is 10.5 Å². The van der Waals surface area contributed by atoms with Crippen LogP contribution in [0.1, 0.15) is 18.1 Å². The number of ether oxygens (including phenoxy) is 1. The second kappa shape index (κ2) is 6.61. The van der Waals surface area contributed by atoms with Gasteiger partial charge in [0.25, 0.3) is 0 Å². The summed E-state index contributed by atoms with van der Waals surface area (Å²) < 4.78 is 5.28. The van der Waals surface area contributed by atoms with E-state index >= 15 is 0 Å². The molecule has 0 unspecified atom stereocenters. The lowest BCUT2D eigenvalue weighted by atomic mass is 10.1. The fourth-order valence-corrected chi connectivity index (χ4v) is 1.86. The molecule has 104 valence electrons. The standard InChI is InChI=1S/C16H18N2O2/c1-12(13-7-9-15(19)10-8-13)18-17-11-14-5-3-4-6-16(14)20-2/h3-10,17,19H,11H2,1-2H3/b18-12-. The third-order valence-electron chi connectivity index (χ3n) is 2.99. The van der Waals surface area contributed by atoms with Gasteiger partial charge >= 0.3 is 0 Å². The van der Waals surface area contributed by atoms with Crippen molar-refractivity contribution in [1.82, 2.24) is 5.43 Å². The predicted molar refractivity (Wildman–Crippen MR) is 80.2 cm³/mol. The summed E-state index contributed by atoms with van der Waals surface area (Å²) in [6.45, 7) is 2.51. The minimum Gasteiger partial charge on any atom is -0.508 e. The van der Waals surface area contributed by atoms with Gasteiger partial charge < -0.3 is 15.3 Å². The molecule has 0 aromatic heterocycles.